The van der Waals surface area contributed by atoms with Gasteiger partial charge in [0, 0.05) is 16.0 Å². The quantitative estimate of drug-likeness (QED) is 0.729. The summed E-state index contributed by atoms with van der Waals surface area (Å²) in [5.74, 6) is 0.990. The third-order valence-corrected chi connectivity index (χ3v) is 3.89. The van der Waals surface area contributed by atoms with Crippen LogP contribution < -0.4 is 10.1 Å². The van der Waals surface area contributed by atoms with Crippen molar-refractivity contribution in [2.45, 2.75) is 18.3 Å². The number of hydrogen-bond acceptors (Lipinski definition) is 2. The maximum atomic E-state index is 6.29. The van der Waals surface area contributed by atoms with E-state index in [1.54, 1.807) is 0 Å². The van der Waals surface area contributed by atoms with Gasteiger partial charge in [0.2, 0.25) is 0 Å². The molecule has 0 atom stereocenters. The second kappa shape index (κ2) is 3.39. The predicted octanol–water partition coefficient (Wildman–Crippen LogP) is 2.35. The van der Waals surface area contributed by atoms with Crippen molar-refractivity contribution in [3.8, 4) is 5.75 Å². The summed E-state index contributed by atoms with van der Waals surface area (Å²) in [6.45, 7) is 2.93. The van der Waals surface area contributed by atoms with E-state index in [-0.39, 0.29) is 5.41 Å². The van der Waals surface area contributed by atoms with Crippen LogP contribution >= 0.6 is 11.6 Å². The summed E-state index contributed by atoms with van der Waals surface area (Å²) >= 11 is 6.29. The molecule has 1 N–H and O–H groups in total. The zero-order chi connectivity index (χ0) is 10.3. The van der Waals surface area contributed by atoms with Gasteiger partial charge in [-0.15, -0.1) is 0 Å². The lowest BCUT2D eigenvalue weighted by Gasteiger charge is -2.33. The number of ether oxygens (including phenoxy) is 1. The molecule has 0 unspecified atom stereocenters. The van der Waals surface area contributed by atoms with Gasteiger partial charge >= 0.3 is 0 Å². The maximum Gasteiger partial charge on any atom is 0.124 e. The molecule has 0 saturated carbocycles. The van der Waals surface area contributed by atoms with E-state index in [1.165, 1.54) is 5.56 Å². The second-order valence-corrected chi connectivity index (χ2v) is 4.84. The molecule has 0 aromatic heterocycles. The molecule has 1 spiro atoms. The predicted molar refractivity (Wildman–Crippen MR) is 60.7 cm³/mol. The first-order valence-corrected chi connectivity index (χ1v) is 5.82. The number of halogens is 1. The molecule has 2 aliphatic rings. The van der Waals surface area contributed by atoms with Crippen molar-refractivity contribution in [3.05, 3.63) is 28.8 Å². The minimum absolute atomic E-state index is 0.179. The summed E-state index contributed by atoms with van der Waals surface area (Å²) in [5.41, 5.74) is 1.42. The lowest BCUT2D eigenvalue weighted by molar-refractivity contribution is 0.220. The van der Waals surface area contributed by atoms with Gasteiger partial charge in [-0.2, -0.15) is 0 Å². The molecule has 0 amide bonds. The van der Waals surface area contributed by atoms with Crippen LogP contribution in [-0.2, 0) is 5.41 Å². The Morgan fingerprint density at radius 1 is 1.27 bits per heavy atom. The van der Waals surface area contributed by atoms with Crippen LogP contribution in [0, 0.1) is 0 Å². The van der Waals surface area contributed by atoms with Gasteiger partial charge in [-0.05, 0) is 38.1 Å². The SMILES string of the molecule is Clc1cccc2c1C1(CCNCC1)CO2. The molecular weight excluding hydrogens is 210 g/mol. The summed E-state index contributed by atoms with van der Waals surface area (Å²) in [6.07, 6.45) is 2.26. The monoisotopic (exact) mass is 223 g/mol. The summed E-state index contributed by atoms with van der Waals surface area (Å²) in [4.78, 5) is 0. The number of nitrogens with one attached hydrogen (secondary N) is 1. The van der Waals surface area contributed by atoms with Crippen molar-refractivity contribution in [3.63, 3.8) is 0 Å². The highest BCUT2D eigenvalue weighted by molar-refractivity contribution is 6.31. The summed E-state index contributed by atoms with van der Waals surface area (Å²) in [7, 11) is 0. The largest absolute Gasteiger partial charge is 0.492 e. The zero-order valence-corrected chi connectivity index (χ0v) is 9.31. The van der Waals surface area contributed by atoms with Crippen molar-refractivity contribution in [2.75, 3.05) is 19.7 Å². The molecule has 80 valence electrons. The molecule has 1 fully saturated rings. The van der Waals surface area contributed by atoms with E-state index in [2.05, 4.69) is 5.32 Å². The van der Waals surface area contributed by atoms with Crippen LogP contribution in [0.1, 0.15) is 18.4 Å². The van der Waals surface area contributed by atoms with Crippen LogP contribution in [0.5, 0.6) is 5.75 Å². The average molecular weight is 224 g/mol. The van der Waals surface area contributed by atoms with Crippen LogP contribution in [0.15, 0.2) is 18.2 Å². The van der Waals surface area contributed by atoms with Gasteiger partial charge in [0.05, 0.1) is 6.61 Å². The van der Waals surface area contributed by atoms with E-state index in [0.717, 1.165) is 43.3 Å². The number of fused-ring (bicyclic) bond motifs is 2. The first-order chi connectivity index (χ1) is 7.32. The Labute approximate surface area is 94.6 Å². The maximum absolute atomic E-state index is 6.29. The smallest absolute Gasteiger partial charge is 0.124 e. The Balaban J connectivity index is 2.09. The van der Waals surface area contributed by atoms with E-state index >= 15 is 0 Å². The fraction of sp³-hybridized carbons (Fsp3) is 0.500. The van der Waals surface area contributed by atoms with Gasteiger partial charge < -0.3 is 10.1 Å². The van der Waals surface area contributed by atoms with Crippen molar-refractivity contribution in [2.24, 2.45) is 0 Å². The van der Waals surface area contributed by atoms with Crippen LogP contribution in [0.4, 0.5) is 0 Å². The van der Waals surface area contributed by atoms with Gasteiger partial charge in [-0.25, -0.2) is 0 Å². The molecule has 3 heteroatoms. The normalized spacial score (nSPS) is 22.5. The Morgan fingerprint density at radius 3 is 2.87 bits per heavy atom. The lowest BCUT2D eigenvalue weighted by Crippen LogP contribution is -2.41. The molecule has 0 radical (unpaired) electrons. The highest BCUT2D eigenvalue weighted by Crippen LogP contribution is 2.47. The molecule has 2 heterocycles. The molecule has 2 aliphatic heterocycles. The molecule has 1 aromatic rings. The van der Waals surface area contributed by atoms with Gasteiger partial charge in [-0.3, -0.25) is 0 Å². The molecule has 0 bridgehead atoms. The summed E-state index contributed by atoms with van der Waals surface area (Å²) < 4.78 is 5.76. The number of hydrogen-bond donors (Lipinski definition) is 1. The van der Waals surface area contributed by atoms with Crippen LogP contribution in [0.2, 0.25) is 5.02 Å². The van der Waals surface area contributed by atoms with Gasteiger partial charge in [0.1, 0.15) is 5.75 Å². The Morgan fingerprint density at radius 2 is 2.07 bits per heavy atom. The first kappa shape index (κ1) is 9.49. The second-order valence-electron chi connectivity index (χ2n) is 4.43. The van der Waals surface area contributed by atoms with Crippen molar-refractivity contribution in [1.82, 2.24) is 5.32 Å². The third-order valence-electron chi connectivity index (χ3n) is 3.57. The molecule has 1 saturated heterocycles. The number of piperidine rings is 1. The molecule has 3 rings (SSSR count). The molecule has 15 heavy (non-hydrogen) atoms. The van der Waals surface area contributed by atoms with Gasteiger partial charge in [0.15, 0.2) is 0 Å². The lowest BCUT2D eigenvalue weighted by atomic mass is 9.75. The zero-order valence-electron chi connectivity index (χ0n) is 8.55. The fourth-order valence-corrected chi connectivity index (χ4v) is 3.09. The van der Waals surface area contributed by atoms with Gasteiger partial charge in [0.25, 0.3) is 0 Å². The topological polar surface area (TPSA) is 21.3 Å². The van der Waals surface area contributed by atoms with E-state index < -0.39 is 0 Å². The summed E-state index contributed by atoms with van der Waals surface area (Å²) in [5, 5.41) is 4.26. The highest BCUT2D eigenvalue weighted by atomic mass is 35.5. The van der Waals surface area contributed by atoms with Crippen molar-refractivity contribution in [1.29, 1.82) is 0 Å². The van der Waals surface area contributed by atoms with E-state index in [4.69, 9.17) is 16.3 Å². The number of benzene rings is 1. The highest BCUT2D eigenvalue weighted by Gasteiger charge is 2.42. The standard InChI is InChI=1S/C12H14ClNO/c13-9-2-1-3-10-11(9)12(8-15-10)4-6-14-7-5-12/h1-3,14H,4-8H2. The van der Waals surface area contributed by atoms with Crippen LogP contribution in [-0.4, -0.2) is 19.7 Å². The third kappa shape index (κ3) is 1.35. The van der Waals surface area contributed by atoms with E-state index in [0.29, 0.717) is 0 Å². The Kier molecular flexibility index (Phi) is 2.15. The summed E-state index contributed by atoms with van der Waals surface area (Å²) in [6, 6.07) is 5.96. The Hall–Kier alpha value is -0.730. The molecule has 2 nitrogen and oxygen atoms in total. The van der Waals surface area contributed by atoms with Crippen LogP contribution in [0.3, 0.4) is 0 Å². The minimum atomic E-state index is 0.179. The Bertz CT molecular complexity index is 380. The first-order valence-electron chi connectivity index (χ1n) is 5.44. The van der Waals surface area contributed by atoms with E-state index in [1.807, 2.05) is 18.2 Å². The van der Waals surface area contributed by atoms with E-state index in [9.17, 15) is 0 Å². The number of rotatable bonds is 0. The average Bonchev–Trinajstić information content (AvgIpc) is 2.60. The van der Waals surface area contributed by atoms with Crippen LogP contribution in [0.25, 0.3) is 0 Å². The minimum Gasteiger partial charge on any atom is -0.492 e. The van der Waals surface area contributed by atoms with Crippen molar-refractivity contribution >= 4 is 11.6 Å². The molecule has 0 aliphatic carbocycles. The fourth-order valence-electron chi connectivity index (χ4n) is 2.73. The van der Waals surface area contributed by atoms with Crippen molar-refractivity contribution < 1.29 is 4.74 Å². The molecule has 1 aromatic carbocycles. The van der Waals surface area contributed by atoms with Gasteiger partial charge in [-0.1, -0.05) is 17.7 Å². The molecular formula is C12H14ClNO.